The molecule has 1 saturated heterocycles. The topological polar surface area (TPSA) is 66.5 Å². The number of hydrogen-bond acceptors (Lipinski definition) is 3. The fourth-order valence-electron chi connectivity index (χ4n) is 5.64. The predicted octanol–water partition coefficient (Wildman–Crippen LogP) is 7.13. The SMILES string of the molecule is C=CC[C@@]1(C)C[C@H](c2cccc(Cl)c2)C(c2ccc(Cl)cc2)N([C@H](CNS(=O)(=O)C(C)(C)C)C2CC2)C1=O. The molecule has 1 heterocycles. The molecule has 5 nitrogen and oxygen atoms in total. The van der Waals surface area contributed by atoms with Crippen LogP contribution in [0.4, 0.5) is 0 Å². The van der Waals surface area contributed by atoms with Gasteiger partial charge in [-0.15, -0.1) is 6.58 Å². The number of likely N-dealkylation sites (tertiary alicyclic amines) is 1. The van der Waals surface area contributed by atoms with E-state index in [1.165, 1.54) is 0 Å². The van der Waals surface area contributed by atoms with Crippen LogP contribution in [0, 0.1) is 11.3 Å². The van der Waals surface area contributed by atoms with Gasteiger partial charge in [0.2, 0.25) is 15.9 Å². The molecule has 2 aromatic carbocycles. The number of allylic oxidation sites excluding steroid dienone is 1. The fourth-order valence-corrected chi connectivity index (χ4v) is 6.79. The number of piperidine rings is 1. The van der Waals surface area contributed by atoms with Crippen LogP contribution >= 0.6 is 23.2 Å². The Kier molecular flexibility index (Phi) is 8.40. The van der Waals surface area contributed by atoms with Crippen molar-refractivity contribution in [3.63, 3.8) is 0 Å². The molecule has 1 saturated carbocycles. The van der Waals surface area contributed by atoms with Crippen molar-refractivity contribution in [3.8, 4) is 0 Å². The van der Waals surface area contributed by atoms with Gasteiger partial charge in [-0.25, -0.2) is 13.1 Å². The standard InChI is InChI=1S/C30H38Cl2N2O3S/c1-6-16-30(5)18-25(22-8-7-9-24(32)17-22)27(21-12-14-23(31)15-13-21)34(28(30)35)26(20-10-11-20)19-33-38(36,37)29(2,3)4/h6-9,12-15,17,20,25-27,33H,1,10-11,16,18-19H2,2-5H3/t25-,26-,27?,30+/m1/s1. The van der Waals surface area contributed by atoms with Crippen LogP contribution in [0.15, 0.2) is 61.2 Å². The van der Waals surface area contributed by atoms with E-state index in [0.29, 0.717) is 22.9 Å². The van der Waals surface area contributed by atoms with Gasteiger partial charge in [0.15, 0.2) is 0 Å². The molecule has 4 rings (SSSR count). The third-order valence-electron chi connectivity index (χ3n) is 8.00. The van der Waals surface area contributed by atoms with E-state index in [0.717, 1.165) is 24.0 Å². The molecule has 0 aromatic heterocycles. The molecule has 206 valence electrons. The molecule has 1 N–H and O–H groups in total. The van der Waals surface area contributed by atoms with E-state index < -0.39 is 20.2 Å². The van der Waals surface area contributed by atoms with Gasteiger partial charge in [0, 0.05) is 28.5 Å². The number of hydrogen-bond donors (Lipinski definition) is 1. The minimum atomic E-state index is -3.59. The average Bonchev–Trinajstić information content (AvgIpc) is 3.67. The van der Waals surface area contributed by atoms with Crippen LogP contribution < -0.4 is 4.72 Å². The predicted molar refractivity (Wildman–Crippen MR) is 156 cm³/mol. The first kappa shape index (κ1) is 29.1. The highest BCUT2D eigenvalue weighted by atomic mass is 35.5. The molecular formula is C30H38Cl2N2O3S. The second-order valence-electron chi connectivity index (χ2n) is 12.0. The molecular weight excluding hydrogens is 539 g/mol. The number of nitrogens with zero attached hydrogens (tertiary/aromatic N) is 1. The highest BCUT2D eigenvalue weighted by Crippen LogP contribution is 2.54. The maximum atomic E-state index is 14.5. The molecule has 0 bridgehead atoms. The van der Waals surface area contributed by atoms with Crippen molar-refractivity contribution in [2.45, 2.75) is 76.1 Å². The van der Waals surface area contributed by atoms with E-state index >= 15 is 0 Å². The van der Waals surface area contributed by atoms with Gasteiger partial charge in [-0.05, 0) is 87.8 Å². The van der Waals surface area contributed by atoms with Gasteiger partial charge in [0.1, 0.15) is 0 Å². The number of sulfonamides is 1. The molecule has 2 fully saturated rings. The first-order valence-corrected chi connectivity index (χ1v) is 15.4. The summed E-state index contributed by atoms with van der Waals surface area (Å²) in [6.45, 7) is 11.2. The number of halogens is 2. The largest absolute Gasteiger partial charge is 0.330 e. The lowest BCUT2D eigenvalue weighted by atomic mass is 9.67. The zero-order valence-corrected chi connectivity index (χ0v) is 24.9. The fraction of sp³-hybridized carbons (Fsp3) is 0.500. The summed E-state index contributed by atoms with van der Waals surface area (Å²) < 4.78 is 28.0. The summed E-state index contributed by atoms with van der Waals surface area (Å²) in [5.41, 5.74) is 1.33. The van der Waals surface area contributed by atoms with Crippen molar-refractivity contribution in [1.29, 1.82) is 0 Å². The van der Waals surface area contributed by atoms with E-state index in [-0.39, 0.29) is 36.4 Å². The molecule has 1 aliphatic heterocycles. The second-order valence-corrected chi connectivity index (χ2v) is 15.4. The lowest BCUT2D eigenvalue weighted by Crippen LogP contribution is -2.59. The zero-order chi connectivity index (χ0) is 27.9. The van der Waals surface area contributed by atoms with E-state index in [2.05, 4.69) is 17.4 Å². The molecule has 2 aromatic rings. The van der Waals surface area contributed by atoms with E-state index in [1.807, 2.05) is 60.4 Å². The van der Waals surface area contributed by atoms with Gasteiger partial charge < -0.3 is 4.90 Å². The Balaban J connectivity index is 1.86. The van der Waals surface area contributed by atoms with Crippen molar-refractivity contribution in [2.24, 2.45) is 11.3 Å². The van der Waals surface area contributed by atoms with Crippen LogP contribution in [0.5, 0.6) is 0 Å². The zero-order valence-electron chi connectivity index (χ0n) is 22.6. The van der Waals surface area contributed by atoms with Gasteiger partial charge in [0.25, 0.3) is 0 Å². The van der Waals surface area contributed by atoms with Crippen LogP contribution in [-0.4, -0.2) is 36.6 Å². The summed E-state index contributed by atoms with van der Waals surface area (Å²) in [5, 5.41) is 1.26. The Labute approximate surface area is 237 Å². The molecule has 4 atom stereocenters. The third-order valence-corrected chi connectivity index (χ3v) is 10.6. The Morgan fingerprint density at radius 3 is 2.32 bits per heavy atom. The second kappa shape index (κ2) is 11.0. The maximum Gasteiger partial charge on any atom is 0.229 e. The number of benzene rings is 2. The van der Waals surface area contributed by atoms with E-state index in [9.17, 15) is 13.2 Å². The summed E-state index contributed by atoms with van der Waals surface area (Å²) in [6.07, 6.45) is 4.87. The minimum Gasteiger partial charge on any atom is -0.330 e. The summed E-state index contributed by atoms with van der Waals surface area (Å²) in [5.74, 6) is 0.197. The number of amides is 1. The van der Waals surface area contributed by atoms with Crippen LogP contribution in [-0.2, 0) is 14.8 Å². The highest BCUT2D eigenvalue weighted by Gasteiger charge is 2.53. The highest BCUT2D eigenvalue weighted by molar-refractivity contribution is 7.90. The molecule has 1 aliphatic carbocycles. The summed E-state index contributed by atoms with van der Waals surface area (Å²) in [7, 11) is -3.59. The molecule has 8 heteroatoms. The first-order valence-electron chi connectivity index (χ1n) is 13.2. The Morgan fingerprint density at radius 1 is 1.11 bits per heavy atom. The smallest absolute Gasteiger partial charge is 0.229 e. The Morgan fingerprint density at radius 2 is 1.76 bits per heavy atom. The van der Waals surface area contributed by atoms with Crippen molar-refractivity contribution in [1.82, 2.24) is 9.62 Å². The van der Waals surface area contributed by atoms with Crippen LogP contribution in [0.25, 0.3) is 0 Å². The molecule has 0 radical (unpaired) electrons. The number of rotatable bonds is 9. The lowest BCUT2D eigenvalue weighted by molar-refractivity contribution is -0.155. The quantitative estimate of drug-likeness (QED) is 0.323. The van der Waals surface area contributed by atoms with Crippen LogP contribution in [0.2, 0.25) is 10.0 Å². The molecule has 1 unspecified atom stereocenters. The van der Waals surface area contributed by atoms with Crippen molar-refractivity contribution >= 4 is 39.1 Å². The number of carbonyl (C=O) groups excluding carboxylic acids is 1. The number of carbonyl (C=O) groups is 1. The first-order chi connectivity index (χ1) is 17.8. The van der Waals surface area contributed by atoms with Crippen LogP contribution in [0.1, 0.15) is 76.5 Å². The van der Waals surface area contributed by atoms with E-state index in [1.54, 1.807) is 20.8 Å². The van der Waals surface area contributed by atoms with Crippen molar-refractivity contribution in [2.75, 3.05) is 6.54 Å². The lowest BCUT2D eigenvalue weighted by Gasteiger charge is -2.52. The minimum absolute atomic E-state index is 0.0301. The van der Waals surface area contributed by atoms with Crippen molar-refractivity contribution in [3.05, 3.63) is 82.4 Å². The molecule has 38 heavy (non-hydrogen) atoms. The summed E-state index contributed by atoms with van der Waals surface area (Å²) in [6, 6.07) is 14.9. The van der Waals surface area contributed by atoms with Crippen LogP contribution in [0.3, 0.4) is 0 Å². The normalized spacial score (nSPS) is 25.3. The van der Waals surface area contributed by atoms with E-state index in [4.69, 9.17) is 23.2 Å². The molecule has 1 amide bonds. The maximum absolute atomic E-state index is 14.5. The van der Waals surface area contributed by atoms with Gasteiger partial charge >= 0.3 is 0 Å². The van der Waals surface area contributed by atoms with Gasteiger partial charge in [-0.1, -0.05) is 60.5 Å². The summed E-state index contributed by atoms with van der Waals surface area (Å²) in [4.78, 5) is 16.5. The Hall–Kier alpha value is -1.86. The summed E-state index contributed by atoms with van der Waals surface area (Å²) >= 11 is 12.7. The number of nitrogens with one attached hydrogen (secondary N) is 1. The molecule has 0 spiro atoms. The monoisotopic (exact) mass is 576 g/mol. The third kappa shape index (κ3) is 5.99. The van der Waals surface area contributed by atoms with Gasteiger partial charge in [0.05, 0.1) is 16.2 Å². The Bertz CT molecular complexity index is 1290. The van der Waals surface area contributed by atoms with Gasteiger partial charge in [-0.3, -0.25) is 4.79 Å². The van der Waals surface area contributed by atoms with Crippen molar-refractivity contribution < 1.29 is 13.2 Å². The average molecular weight is 578 g/mol. The molecule has 2 aliphatic rings. The van der Waals surface area contributed by atoms with Gasteiger partial charge in [-0.2, -0.15) is 0 Å².